The van der Waals surface area contributed by atoms with Crippen LogP contribution >= 0.6 is 0 Å². The maximum absolute atomic E-state index is 11.5. The molecule has 1 aliphatic heterocycles. The monoisotopic (exact) mass is 252 g/mol. The second-order valence-electron chi connectivity index (χ2n) is 4.22. The summed E-state index contributed by atoms with van der Waals surface area (Å²) in [5, 5.41) is 19.4. The van der Waals surface area contributed by atoms with Gasteiger partial charge in [-0.25, -0.2) is 0 Å². The van der Waals surface area contributed by atoms with Gasteiger partial charge in [0, 0.05) is 13.6 Å². The van der Waals surface area contributed by atoms with Crippen LogP contribution in [0.5, 0.6) is 5.75 Å². The molecule has 0 aromatic heterocycles. The predicted octanol–water partition coefficient (Wildman–Crippen LogP) is -0.605. The van der Waals surface area contributed by atoms with Crippen LogP contribution in [0.1, 0.15) is 11.7 Å². The summed E-state index contributed by atoms with van der Waals surface area (Å²) in [6.45, 7) is -0.0274. The molecule has 0 radical (unpaired) electrons. The van der Waals surface area contributed by atoms with E-state index in [0.717, 1.165) is 0 Å². The molecule has 18 heavy (non-hydrogen) atoms. The number of benzene rings is 1. The van der Waals surface area contributed by atoms with Crippen LogP contribution in [-0.4, -0.2) is 42.4 Å². The summed E-state index contributed by atoms with van der Waals surface area (Å²) in [4.78, 5) is 13.0. The van der Waals surface area contributed by atoms with Crippen LogP contribution in [0.25, 0.3) is 0 Å². The molecule has 6 heteroatoms. The van der Waals surface area contributed by atoms with E-state index in [1.165, 1.54) is 4.90 Å². The molecule has 0 bridgehead atoms. The highest BCUT2D eigenvalue weighted by Gasteiger charge is 2.24. The molecule has 1 aromatic rings. The molecular formula is C12H16N2O4. The minimum atomic E-state index is -1.08. The Morgan fingerprint density at radius 1 is 1.50 bits per heavy atom. The van der Waals surface area contributed by atoms with E-state index >= 15 is 0 Å². The van der Waals surface area contributed by atoms with Crippen molar-refractivity contribution < 1.29 is 19.7 Å². The number of aliphatic hydroxyl groups is 2. The Morgan fingerprint density at radius 2 is 2.22 bits per heavy atom. The summed E-state index contributed by atoms with van der Waals surface area (Å²) in [5.41, 5.74) is 6.37. The normalized spacial score (nSPS) is 18.0. The first-order chi connectivity index (χ1) is 8.54. The van der Waals surface area contributed by atoms with E-state index in [1.807, 2.05) is 0 Å². The number of rotatable bonds is 3. The minimum Gasteiger partial charge on any atom is -0.482 e. The smallest absolute Gasteiger partial charge is 0.264 e. The molecular weight excluding hydrogens is 236 g/mol. The Bertz CT molecular complexity index is 463. The fourth-order valence-corrected chi connectivity index (χ4v) is 1.82. The van der Waals surface area contributed by atoms with Crippen LogP contribution in [0.2, 0.25) is 0 Å². The van der Waals surface area contributed by atoms with Gasteiger partial charge in [0.05, 0.1) is 11.8 Å². The van der Waals surface area contributed by atoms with E-state index in [1.54, 1.807) is 25.2 Å². The number of fused-ring (bicyclic) bond motifs is 1. The Balaban J connectivity index is 2.34. The van der Waals surface area contributed by atoms with Crippen molar-refractivity contribution in [2.45, 2.75) is 12.2 Å². The standard InChI is InChI=1S/C12H16N2O4/c1-14-8-4-7(12(17)9(15)5-13)2-3-10(8)18-6-11(14)16/h2-4,9,12,15,17H,5-6,13H2,1H3. The lowest BCUT2D eigenvalue weighted by Gasteiger charge is -2.27. The lowest BCUT2D eigenvalue weighted by atomic mass is 10.0. The van der Waals surface area contributed by atoms with Crippen molar-refractivity contribution in [1.82, 2.24) is 0 Å². The average Bonchev–Trinajstić information content (AvgIpc) is 2.41. The van der Waals surface area contributed by atoms with E-state index in [2.05, 4.69) is 0 Å². The first-order valence-corrected chi connectivity index (χ1v) is 5.64. The Morgan fingerprint density at radius 3 is 2.89 bits per heavy atom. The van der Waals surface area contributed by atoms with Crippen LogP contribution in [0.4, 0.5) is 5.69 Å². The zero-order valence-corrected chi connectivity index (χ0v) is 10.0. The zero-order valence-electron chi connectivity index (χ0n) is 10.0. The first kappa shape index (κ1) is 12.8. The summed E-state index contributed by atoms with van der Waals surface area (Å²) in [6.07, 6.45) is -2.11. The summed E-state index contributed by atoms with van der Waals surface area (Å²) in [6, 6.07) is 4.93. The number of hydrogen-bond donors (Lipinski definition) is 3. The van der Waals surface area contributed by atoms with Gasteiger partial charge in [0.25, 0.3) is 5.91 Å². The molecule has 2 rings (SSSR count). The highest BCUT2D eigenvalue weighted by atomic mass is 16.5. The van der Waals surface area contributed by atoms with Crippen LogP contribution < -0.4 is 15.4 Å². The van der Waals surface area contributed by atoms with Crippen LogP contribution in [0.3, 0.4) is 0 Å². The summed E-state index contributed by atoms with van der Waals surface area (Å²) in [7, 11) is 1.64. The number of anilines is 1. The van der Waals surface area contributed by atoms with Gasteiger partial charge in [-0.2, -0.15) is 0 Å². The highest BCUT2D eigenvalue weighted by Crippen LogP contribution is 2.34. The third-order valence-electron chi connectivity index (χ3n) is 3.02. The minimum absolute atomic E-state index is 0.0107. The number of aliphatic hydroxyl groups excluding tert-OH is 2. The van der Waals surface area contributed by atoms with E-state index in [4.69, 9.17) is 10.5 Å². The van der Waals surface area contributed by atoms with E-state index < -0.39 is 12.2 Å². The summed E-state index contributed by atoms with van der Waals surface area (Å²) < 4.78 is 5.27. The van der Waals surface area contributed by atoms with Gasteiger partial charge in [0.2, 0.25) is 0 Å². The number of nitrogens with zero attached hydrogens (tertiary/aromatic N) is 1. The topological polar surface area (TPSA) is 96.0 Å². The van der Waals surface area contributed by atoms with Crippen molar-refractivity contribution >= 4 is 11.6 Å². The maximum Gasteiger partial charge on any atom is 0.264 e. The molecule has 1 amide bonds. The van der Waals surface area contributed by atoms with Crippen LogP contribution in [0.15, 0.2) is 18.2 Å². The van der Waals surface area contributed by atoms with Crippen LogP contribution in [0, 0.1) is 0 Å². The first-order valence-electron chi connectivity index (χ1n) is 5.64. The summed E-state index contributed by atoms with van der Waals surface area (Å²) in [5.74, 6) is 0.420. The quantitative estimate of drug-likeness (QED) is 0.667. The third-order valence-corrected chi connectivity index (χ3v) is 3.02. The fraction of sp³-hybridized carbons (Fsp3) is 0.417. The van der Waals surface area contributed by atoms with E-state index in [9.17, 15) is 15.0 Å². The van der Waals surface area contributed by atoms with Gasteiger partial charge in [-0.15, -0.1) is 0 Å². The third kappa shape index (κ3) is 2.17. The van der Waals surface area contributed by atoms with E-state index in [-0.39, 0.29) is 19.1 Å². The molecule has 6 nitrogen and oxygen atoms in total. The number of likely N-dealkylation sites (N-methyl/N-ethyl adjacent to an activating group) is 1. The number of carbonyl (C=O) groups excluding carboxylic acids is 1. The molecule has 0 saturated carbocycles. The van der Waals surface area contributed by atoms with Gasteiger partial charge in [0.15, 0.2) is 6.61 Å². The summed E-state index contributed by atoms with van der Waals surface area (Å²) >= 11 is 0. The molecule has 98 valence electrons. The van der Waals surface area contributed by atoms with E-state index in [0.29, 0.717) is 17.0 Å². The number of nitrogens with two attached hydrogens (primary N) is 1. The highest BCUT2D eigenvalue weighted by molar-refractivity contribution is 5.97. The van der Waals surface area contributed by atoms with Crippen molar-refractivity contribution in [1.29, 1.82) is 0 Å². The zero-order chi connectivity index (χ0) is 13.3. The van der Waals surface area contributed by atoms with Crippen molar-refractivity contribution in [3.05, 3.63) is 23.8 Å². The average molecular weight is 252 g/mol. The Kier molecular flexibility index (Phi) is 3.51. The molecule has 0 aliphatic carbocycles. The number of carbonyl (C=O) groups is 1. The van der Waals surface area contributed by atoms with Crippen molar-refractivity contribution in [3.8, 4) is 5.75 Å². The lowest BCUT2D eigenvalue weighted by Crippen LogP contribution is -2.35. The van der Waals surface area contributed by atoms with Gasteiger partial charge in [-0.1, -0.05) is 6.07 Å². The molecule has 0 saturated heterocycles. The second-order valence-corrected chi connectivity index (χ2v) is 4.22. The van der Waals surface area contributed by atoms with Crippen LogP contribution in [-0.2, 0) is 4.79 Å². The second kappa shape index (κ2) is 4.93. The molecule has 1 aliphatic rings. The SMILES string of the molecule is CN1C(=O)COc2ccc(C(O)C(O)CN)cc21. The maximum atomic E-state index is 11.5. The molecule has 0 spiro atoms. The fourth-order valence-electron chi connectivity index (χ4n) is 1.82. The molecule has 1 aromatic carbocycles. The Labute approximate surface area is 105 Å². The molecule has 2 atom stereocenters. The van der Waals surface area contributed by atoms with Crippen molar-refractivity contribution in [2.24, 2.45) is 5.73 Å². The van der Waals surface area contributed by atoms with Gasteiger partial charge in [0.1, 0.15) is 11.9 Å². The number of amides is 1. The van der Waals surface area contributed by atoms with Gasteiger partial charge < -0.3 is 25.6 Å². The number of ether oxygens (including phenoxy) is 1. The lowest BCUT2D eigenvalue weighted by molar-refractivity contribution is -0.120. The number of hydrogen-bond acceptors (Lipinski definition) is 5. The molecule has 2 unspecified atom stereocenters. The molecule has 1 heterocycles. The van der Waals surface area contributed by atoms with Crippen molar-refractivity contribution in [3.63, 3.8) is 0 Å². The largest absolute Gasteiger partial charge is 0.482 e. The Hall–Kier alpha value is -1.63. The van der Waals surface area contributed by atoms with Gasteiger partial charge >= 0.3 is 0 Å². The van der Waals surface area contributed by atoms with Gasteiger partial charge in [-0.3, -0.25) is 4.79 Å². The molecule has 4 N–H and O–H groups in total. The van der Waals surface area contributed by atoms with Crippen molar-refractivity contribution in [2.75, 3.05) is 25.1 Å². The van der Waals surface area contributed by atoms with Gasteiger partial charge in [-0.05, 0) is 17.7 Å². The predicted molar refractivity (Wildman–Crippen MR) is 65.4 cm³/mol. The molecule has 0 fully saturated rings.